The Morgan fingerprint density at radius 1 is 1.25 bits per heavy atom. The molecule has 3 aromatic rings. The van der Waals surface area contributed by atoms with Gasteiger partial charge in [-0.2, -0.15) is 0 Å². The maximum Gasteiger partial charge on any atom is 0.369 e. The van der Waals surface area contributed by atoms with Crippen LogP contribution in [0.2, 0.25) is 0 Å². The Kier molecular flexibility index (Phi) is 9.12. The van der Waals surface area contributed by atoms with Gasteiger partial charge < -0.3 is 14.4 Å². The third-order valence-electron chi connectivity index (χ3n) is 5.16. The van der Waals surface area contributed by atoms with Gasteiger partial charge in [0, 0.05) is 22.5 Å². The number of aryl methyl sites for hydroxylation is 1. The monoisotopic (exact) mass is 643 g/mol. The molecular weight excluding hydrogens is 621 g/mol. The molecule has 9 heteroatoms. The first-order valence-electron chi connectivity index (χ1n) is 10.4. The van der Waals surface area contributed by atoms with Gasteiger partial charge in [0.15, 0.2) is 0 Å². The van der Waals surface area contributed by atoms with E-state index in [-0.39, 0.29) is 9.15 Å². The highest BCUT2D eigenvalue weighted by Crippen LogP contribution is 2.43. The van der Waals surface area contributed by atoms with Crippen molar-refractivity contribution in [3.8, 4) is 27.4 Å². The number of rotatable bonds is 5. The van der Waals surface area contributed by atoms with E-state index in [0.717, 1.165) is 45.7 Å². The third kappa shape index (κ3) is 5.90. The molecule has 1 aliphatic rings. The van der Waals surface area contributed by atoms with Crippen LogP contribution < -0.4 is 0 Å². The van der Waals surface area contributed by atoms with Crippen LogP contribution in [0.4, 0.5) is 0 Å². The summed E-state index contributed by atoms with van der Waals surface area (Å²) in [4.78, 5) is 13.7. The van der Waals surface area contributed by atoms with Crippen LogP contribution in [0.5, 0.6) is 5.75 Å². The summed E-state index contributed by atoms with van der Waals surface area (Å²) in [7, 11) is 0. The van der Waals surface area contributed by atoms with Crippen molar-refractivity contribution in [2.75, 3.05) is 6.61 Å². The predicted molar refractivity (Wildman–Crippen MR) is 146 cm³/mol. The molecule has 0 amide bonds. The Labute approximate surface area is 218 Å². The van der Waals surface area contributed by atoms with Crippen LogP contribution in [-0.2, 0) is 24.1 Å². The molecule has 0 radical (unpaired) electrons. The number of thiophene rings is 1. The minimum atomic E-state index is -0.281. The second-order valence-electron chi connectivity index (χ2n) is 7.87. The molecule has 0 atom stereocenters. The van der Waals surface area contributed by atoms with Gasteiger partial charge in [-0.1, -0.05) is 19.9 Å². The lowest BCUT2D eigenvalue weighted by Gasteiger charge is -2.24. The van der Waals surface area contributed by atoms with Crippen LogP contribution in [0.3, 0.4) is 0 Å². The number of benzene rings is 1. The average Bonchev–Trinajstić information content (AvgIpc) is 3.35. The molecule has 4 rings (SSSR count). The molecule has 0 spiro atoms. The topological polar surface area (TPSA) is 51.5 Å². The number of phenolic OH excluding ortho intramolecular Hbond substituents is 1. The normalized spacial score (nSPS) is 12.0. The third-order valence-corrected chi connectivity index (χ3v) is 6.06. The molecule has 2 aromatic heterocycles. The van der Waals surface area contributed by atoms with E-state index in [9.17, 15) is 9.90 Å². The van der Waals surface area contributed by atoms with Gasteiger partial charge >= 0.3 is 9.15 Å². The molecule has 1 aromatic carbocycles. The van der Waals surface area contributed by atoms with Crippen molar-refractivity contribution in [3.05, 3.63) is 52.5 Å². The molecule has 0 bridgehead atoms. The lowest BCUT2D eigenvalue weighted by atomic mass is 9.91. The molecule has 170 valence electrons. The zero-order valence-electron chi connectivity index (χ0n) is 18.2. The Morgan fingerprint density at radius 3 is 2.56 bits per heavy atom. The lowest BCUT2D eigenvalue weighted by molar-refractivity contribution is 0.0514. The fourth-order valence-electron chi connectivity index (χ4n) is 4.00. The highest BCUT2D eigenvalue weighted by molar-refractivity contribution is 9.69. The Bertz CT molecular complexity index is 1080. The quantitative estimate of drug-likeness (QED) is 0.229. The predicted octanol–water partition coefficient (Wildman–Crippen LogP) is 7.68. The molecule has 4 nitrogen and oxygen atoms in total. The number of carbonyl (C=O) groups is 1. The van der Waals surface area contributed by atoms with Gasteiger partial charge in [0.1, 0.15) is 11.4 Å². The number of phenols is 1. The summed E-state index contributed by atoms with van der Waals surface area (Å²) in [5, 5.41) is 12.6. The van der Waals surface area contributed by atoms with Crippen LogP contribution in [-0.4, -0.2) is 25.4 Å². The molecule has 0 saturated carbocycles. The van der Waals surface area contributed by atoms with Crippen molar-refractivity contribution in [1.29, 1.82) is 0 Å². The van der Waals surface area contributed by atoms with Crippen molar-refractivity contribution in [3.63, 3.8) is 0 Å². The molecule has 0 aliphatic carbocycles. The first-order valence-corrected chi connectivity index (χ1v) is 14.1. The molecule has 1 N–H and O–H groups in total. The average molecular weight is 646 g/mol. The number of nitrogens with zero attached hydrogens (tertiary/aromatic N) is 1. The minimum Gasteiger partial charge on any atom is -0.508 e. The van der Waals surface area contributed by atoms with Gasteiger partial charge in [-0.3, -0.25) is 0 Å². The Morgan fingerprint density at radius 2 is 1.97 bits per heavy atom. The summed E-state index contributed by atoms with van der Waals surface area (Å²) >= 11 is 11.0. The summed E-state index contributed by atoms with van der Waals surface area (Å²) < 4.78 is 7.67. The summed E-state index contributed by atoms with van der Waals surface area (Å²) in [6, 6.07) is 10.1. The highest BCUT2D eigenvalue weighted by Gasteiger charge is 2.28. The van der Waals surface area contributed by atoms with E-state index in [1.165, 1.54) is 0 Å². The van der Waals surface area contributed by atoms with Gasteiger partial charge in [0.05, 0.1) is 12.3 Å². The molecule has 0 saturated heterocycles. The smallest absolute Gasteiger partial charge is 0.369 e. The van der Waals surface area contributed by atoms with Crippen LogP contribution in [0.1, 0.15) is 42.4 Å². The van der Waals surface area contributed by atoms with E-state index in [1.54, 1.807) is 11.3 Å². The Hall–Kier alpha value is -1.03. The molecule has 32 heavy (non-hydrogen) atoms. The number of esters is 1. The van der Waals surface area contributed by atoms with Crippen LogP contribution in [0.15, 0.2) is 35.7 Å². The van der Waals surface area contributed by atoms with Crippen molar-refractivity contribution in [2.45, 2.75) is 40.2 Å². The first kappa shape index (κ1) is 25.6. The number of aromatic hydroxyl groups is 1. The summed E-state index contributed by atoms with van der Waals surface area (Å²) in [6.07, 6.45) is 1.60. The van der Waals surface area contributed by atoms with Crippen molar-refractivity contribution in [1.82, 2.24) is 4.57 Å². The molecule has 1 aliphatic heterocycles. The van der Waals surface area contributed by atoms with E-state index < -0.39 is 0 Å². The zero-order chi connectivity index (χ0) is 23.4. The maximum absolute atomic E-state index is 12.6. The van der Waals surface area contributed by atoms with Crippen LogP contribution in [0.25, 0.3) is 21.7 Å². The molecular formula is C23H25BBr3NO3S. The van der Waals surface area contributed by atoms with Crippen LogP contribution >= 0.6 is 58.6 Å². The number of ether oxygens (including phenoxy) is 1. The number of hydrogen-bond acceptors (Lipinski definition) is 4. The van der Waals surface area contributed by atoms with E-state index in [1.807, 2.05) is 30.5 Å². The number of carbonyl (C=O) groups excluding carboxylic acids is 1. The number of aromatic nitrogens is 1. The number of hydrogen-bond donors (Lipinski definition) is 1. The van der Waals surface area contributed by atoms with E-state index in [2.05, 4.69) is 77.8 Å². The van der Waals surface area contributed by atoms with Gasteiger partial charge in [0.2, 0.25) is 0 Å². The molecule has 0 unspecified atom stereocenters. The molecule has 0 fully saturated rings. The van der Waals surface area contributed by atoms with E-state index in [0.29, 0.717) is 30.5 Å². The van der Waals surface area contributed by atoms with Crippen molar-refractivity contribution < 1.29 is 14.6 Å². The fourth-order valence-corrected chi connectivity index (χ4v) is 4.75. The zero-order valence-corrected chi connectivity index (χ0v) is 23.8. The van der Waals surface area contributed by atoms with E-state index in [4.69, 9.17) is 4.74 Å². The van der Waals surface area contributed by atoms with Crippen molar-refractivity contribution >= 4 is 67.8 Å². The second-order valence-corrected chi connectivity index (χ2v) is 15.3. The Balaban J connectivity index is 0.000000668. The standard InChI is InChI=1S/C23H25NO3S.BBr3/c1-4-27-23(26)19-13-18(21-6-5-9-28-21)22-17-11-16(10-14(2)3)20(25)12-15(17)7-8-24(19)22;2-1(3)4/h5-6,9,11-14,25H,4,7-8,10H2,1-3H3;. The summed E-state index contributed by atoms with van der Waals surface area (Å²) in [6.45, 7) is 7.19. The van der Waals surface area contributed by atoms with Crippen LogP contribution in [0, 0.1) is 5.92 Å². The van der Waals surface area contributed by atoms with Gasteiger partial charge in [0.25, 0.3) is 0 Å². The van der Waals surface area contributed by atoms with E-state index >= 15 is 0 Å². The summed E-state index contributed by atoms with van der Waals surface area (Å²) in [5.41, 5.74) is 5.90. The largest absolute Gasteiger partial charge is 0.508 e. The SMILES string of the molecule is BrB(Br)Br.CCOC(=O)c1cc(-c2cccs2)c2n1CCc1cc(O)c(CC(C)C)cc1-2. The first-order chi connectivity index (χ1) is 15.2. The number of fused-ring (bicyclic) bond motifs is 3. The molecule has 3 heterocycles. The minimum absolute atomic E-state index is 0.271. The number of halogens is 3. The van der Waals surface area contributed by atoms with Gasteiger partial charge in [-0.25, -0.2) is 4.79 Å². The van der Waals surface area contributed by atoms with Crippen molar-refractivity contribution in [2.24, 2.45) is 5.92 Å². The maximum atomic E-state index is 12.6. The highest BCUT2D eigenvalue weighted by atomic mass is 79.9. The fraction of sp³-hybridized carbons (Fsp3) is 0.348. The summed E-state index contributed by atoms with van der Waals surface area (Å²) in [5.74, 6) is 0.540. The lowest BCUT2D eigenvalue weighted by Crippen LogP contribution is -2.18. The van der Waals surface area contributed by atoms with Gasteiger partial charge in [-0.05, 0) is 66.5 Å². The second kappa shape index (κ2) is 11.4. The van der Waals surface area contributed by atoms with Gasteiger partial charge in [-0.15, -0.1) is 58.6 Å².